The zero-order valence-electron chi connectivity index (χ0n) is 14.9. The Bertz CT molecular complexity index is 793. The molecule has 4 rings (SSSR count). The SMILES string of the molecule is O=S(=O)(N1CCCC1)N1C2CCC(C2)[C@H]1COc1cccc(C(F)(F)F)c1. The van der Waals surface area contributed by atoms with Gasteiger partial charge in [0.25, 0.3) is 10.2 Å². The lowest BCUT2D eigenvalue weighted by molar-refractivity contribution is -0.137. The number of halogens is 3. The number of ether oxygens (including phenoxy) is 1. The summed E-state index contributed by atoms with van der Waals surface area (Å²) in [6.07, 6.45) is -0.106. The molecule has 0 amide bonds. The Morgan fingerprint density at radius 3 is 2.59 bits per heavy atom. The Balaban J connectivity index is 1.51. The molecule has 2 heterocycles. The first-order valence-electron chi connectivity index (χ1n) is 9.35. The third-order valence-electron chi connectivity index (χ3n) is 5.92. The summed E-state index contributed by atoms with van der Waals surface area (Å²) in [4.78, 5) is 0. The fourth-order valence-corrected chi connectivity index (χ4v) is 6.75. The first kappa shape index (κ1) is 19.0. The summed E-state index contributed by atoms with van der Waals surface area (Å²) in [6.45, 7) is 1.16. The average molecular weight is 404 g/mol. The minimum atomic E-state index is -4.43. The lowest BCUT2D eigenvalue weighted by Crippen LogP contribution is -2.52. The van der Waals surface area contributed by atoms with Gasteiger partial charge in [-0.15, -0.1) is 0 Å². The van der Waals surface area contributed by atoms with Gasteiger partial charge in [0.2, 0.25) is 0 Å². The van der Waals surface area contributed by atoms with Gasteiger partial charge in [0.05, 0.1) is 11.6 Å². The van der Waals surface area contributed by atoms with E-state index in [1.54, 1.807) is 4.31 Å². The summed E-state index contributed by atoms with van der Waals surface area (Å²) >= 11 is 0. The zero-order chi connectivity index (χ0) is 19.2. The van der Waals surface area contributed by atoms with Crippen LogP contribution in [0.15, 0.2) is 24.3 Å². The maximum absolute atomic E-state index is 13.1. The van der Waals surface area contributed by atoms with Crippen LogP contribution in [-0.2, 0) is 16.4 Å². The second-order valence-electron chi connectivity index (χ2n) is 7.57. The first-order valence-corrected chi connectivity index (χ1v) is 10.7. The maximum atomic E-state index is 13.1. The molecule has 2 saturated heterocycles. The predicted molar refractivity (Wildman–Crippen MR) is 93.4 cm³/mol. The van der Waals surface area contributed by atoms with Crippen molar-refractivity contribution in [2.75, 3.05) is 19.7 Å². The second kappa shape index (κ2) is 6.93. The van der Waals surface area contributed by atoms with Gasteiger partial charge >= 0.3 is 6.18 Å². The van der Waals surface area contributed by atoms with Crippen molar-refractivity contribution in [1.29, 1.82) is 0 Å². The topological polar surface area (TPSA) is 49.9 Å². The van der Waals surface area contributed by atoms with E-state index in [4.69, 9.17) is 4.74 Å². The number of nitrogens with zero attached hydrogens (tertiary/aromatic N) is 2. The molecule has 1 aromatic carbocycles. The first-order chi connectivity index (χ1) is 12.8. The van der Waals surface area contributed by atoms with Gasteiger partial charge in [0, 0.05) is 19.1 Å². The third-order valence-corrected chi connectivity index (χ3v) is 8.04. The van der Waals surface area contributed by atoms with E-state index < -0.39 is 21.9 Å². The Morgan fingerprint density at radius 2 is 1.89 bits per heavy atom. The van der Waals surface area contributed by atoms with Crippen LogP contribution in [0, 0.1) is 5.92 Å². The Morgan fingerprint density at radius 1 is 1.15 bits per heavy atom. The molecule has 9 heteroatoms. The molecule has 2 aliphatic heterocycles. The molecular weight excluding hydrogens is 381 g/mol. The van der Waals surface area contributed by atoms with Crippen LogP contribution in [0.25, 0.3) is 0 Å². The van der Waals surface area contributed by atoms with Gasteiger partial charge < -0.3 is 4.74 Å². The summed E-state index contributed by atoms with van der Waals surface area (Å²) in [5, 5.41) is 0. The van der Waals surface area contributed by atoms with Gasteiger partial charge in [-0.05, 0) is 56.2 Å². The molecule has 0 N–H and O–H groups in total. The number of piperidine rings is 1. The molecule has 3 aliphatic rings. The lowest BCUT2D eigenvalue weighted by atomic mass is 10.0. The van der Waals surface area contributed by atoms with Crippen LogP contribution in [0.5, 0.6) is 5.75 Å². The van der Waals surface area contributed by atoms with E-state index in [0.717, 1.165) is 44.2 Å². The van der Waals surface area contributed by atoms with E-state index in [0.29, 0.717) is 13.1 Å². The minimum Gasteiger partial charge on any atom is -0.492 e. The fourth-order valence-electron chi connectivity index (χ4n) is 4.62. The number of fused-ring (bicyclic) bond motifs is 2. The molecule has 2 bridgehead atoms. The van der Waals surface area contributed by atoms with Crippen LogP contribution in [0.4, 0.5) is 13.2 Å². The maximum Gasteiger partial charge on any atom is 0.416 e. The van der Waals surface area contributed by atoms with Gasteiger partial charge in [-0.3, -0.25) is 0 Å². The fraction of sp³-hybridized carbons (Fsp3) is 0.667. The van der Waals surface area contributed by atoms with Crippen molar-refractivity contribution < 1.29 is 26.3 Å². The van der Waals surface area contributed by atoms with Crippen LogP contribution < -0.4 is 4.74 Å². The molecule has 0 radical (unpaired) electrons. The van der Waals surface area contributed by atoms with Crippen molar-refractivity contribution >= 4 is 10.2 Å². The largest absolute Gasteiger partial charge is 0.492 e. The zero-order valence-corrected chi connectivity index (χ0v) is 15.7. The van der Waals surface area contributed by atoms with Crippen molar-refractivity contribution in [2.45, 2.75) is 50.4 Å². The van der Waals surface area contributed by atoms with Crippen LogP contribution in [-0.4, -0.2) is 48.8 Å². The molecule has 3 atom stereocenters. The molecule has 1 saturated carbocycles. The van der Waals surface area contributed by atoms with Gasteiger partial charge in [0.15, 0.2) is 0 Å². The van der Waals surface area contributed by atoms with Crippen LogP contribution in [0.2, 0.25) is 0 Å². The molecule has 0 aromatic heterocycles. The van der Waals surface area contributed by atoms with Crippen LogP contribution in [0.1, 0.15) is 37.7 Å². The van der Waals surface area contributed by atoms with E-state index in [1.165, 1.54) is 16.4 Å². The number of hydrogen-bond donors (Lipinski definition) is 0. The van der Waals surface area contributed by atoms with Gasteiger partial charge in [-0.1, -0.05) is 6.07 Å². The summed E-state index contributed by atoms with van der Waals surface area (Å²) in [5.74, 6) is 0.323. The number of hydrogen-bond acceptors (Lipinski definition) is 3. The van der Waals surface area contributed by atoms with Gasteiger partial charge in [-0.2, -0.15) is 30.2 Å². The van der Waals surface area contributed by atoms with E-state index in [-0.39, 0.29) is 30.4 Å². The van der Waals surface area contributed by atoms with Gasteiger partial charge in [0.1, 0.15) is 12.4 Å². The normalized spacial score (nSPS) is 29.5. The Hall–Kier alpha value is -1.32. The molecule has 150 valence electrons. The van der Waals surface area contributed by atoms with Crippen LogP contribution in [0.3, 0.4) is 0 Å². The third kappa shape index (κ3) is 3.56. The van der Waals surface area contributed by atoms with Crippen LogP contribution >= 0.6 is 0 Å². The van der Waals surface area contributed by atoms with Gasteiger partial charge in [-0.25, -0.2) is 0 Å². The number of rotatable bonds is 5. The molecule has 1 aromatic rings. The smallest absolute Gasteiger partial charge is 0.416 e. The van der Waals surface area contributed by atoms with E-state index in [9.17, 15) is 21.6 Å². The minimum absolute atomic E-state index is 0.0179. The summed E-state index contributed by atoms with van der Waals surface area (Å²) in [5.41, 5.74) is -0.769. The highest BCUT2D eigenvalue weighted by atomic mass is 32.2. The highest BCUT2D eigenvalue weighted by molar-refractivity contribution is 7.86. The molecule has 1 aliphatic carbocycles. The van der Waals surface area contributed by atoms with Crippen molar-refractivity contribution in [1.82, 2.24) is 8.61 Å². The second-order valence-corrected chi connectivity index (χ2v) is 9.41. The van der Waals surface area contributed by atoms with Crippen molar-refractivity contribution in [3.05, 3.63) is 29.8 Å². The number of alkyl halides is 3. The predicted octanol–water partition coefficient (Wildman–Crippen LogP) is 3.28. The molecule has 5 nitrogen and oxygen atoms in total. The average Bonchev–Trinajstić information content (AvgIpc) is 3.35. The summed E-state index contributed by atoms with van der Waals surface area (Å²) in [7, 11) is -3.55. The molecule has 2 unspecified atom stereocenters. The Kier molecular flexibility index (Phi) is 4.88. The number of benzene rings is 1. The van der Waals surface area contributed by atoms with E-state index in [2.05, 4.69) is 0 Å². The standard InChI is InChI=1S/C18H23F3N2O3S/c19-18(20,21)14-4-3-5-16(11-14)26-12-17-13-6-7-15(10-13)23(17)27(24,25)22-8-1-2-9-22/h3-5,11,13,15,17H,1-2,6-10,12H2/t13?,15?,17-/m1/s1. The van der Waals surface area contributed by atoms with E-state index >= 15 is 0 Å². The highest BCUT2D eigenvalue weighted by Crippen LogP contribution is 2.45. The summed E-state index contributed by atoms with van der Waals surface area (Å²) < 4.78 is 73.5. The van der Waals surface area contributed by atoms with E-state index in [1.807, 2.05) is 0 Å². The Labute approximate surface area is 157 Å². The lowest BCUT2D eigenvalue weighted by Gasteiger charge is -2.36. The van der Waals surface area contributed by atoms with Crippen molar-refractivity contribution in [2.24, 2.45) is 5.92 Å². The monoisotopic (exact) mass is 404 g/mol. The molecule has 3 fully saturated rings. The molecule has 27 heavy (non-hydrogen) atoms. The summed E-state index contributed by atoms with van der Waals surface area (Å²) in [6, 6.07) is 4.40. The molecule has 0 spiro atoms. The van der Waals surface area contributed by atoms with Crippen molar-refractivity contribution in [3.63, 3.8) is 0 Å². The quantitative estimate of drug-likeness (QED) is 0.757. The molecular formula is C18H23F3N2O3S. The highest BCUT2D eigenvalue weighted by Gasteiger charge is 2.53. The van der Waals surface area contributed by atoms with Crippen molar-refractivity contribution in [3.8, 4) is 5.75 Å².